The van der Waals surface area contributed by atoms with Gasteiger partial charge in [0.1, 0.15) is 17.3 Å². The van der Waals surface area contributed by atoms with Crippen LogP contribution in [0.1, 0.15) is 21.6 Å². The highest BCUT2D eigenvalue weighted by Gasteiger charge is 2.11. The molecule has 0 unspecified atom stereocenters. The van der Waals surface area contributed by atoms with Crippen molar-refractivity contribution in [2.45, 2.75) is 13.5 Å². The molecule has 4 nitrogen and oxygen atoms in total. The summed E-state index contributed by atoms with van der Waals surface area (Å²) in [4.78, 5) is 16.2. The van der Waals surface area contributed by atoms with E-state index < -0.39 is 17.5 Å². The number of aryl methyl sites for hydroxylation is 1. The van der Waals surface area contributed by atoms with Gasteiger partial charge in [-0.05, 0) is 42.3 Å². The van der Waals surface area contributed by atoms with Crippen molar-refractivity contribution in [1.29, 1.82) is 0 Å². The predicted molar refractivity (Wildman–Crippen MR) is 97.1 cm³/mol. The monoisotopic (exact) mass is 353 g/mol. The third-order valence-corrected chi connectivity index (χ3v) is 3.92. The Kier molecular flexibility index (Phi) is 5.22. The topological polar surface area (TPSA) is 54.0 Å². The van der Waals surface area contributed by atoms with Crippen LogP contribution in [0.25, 0.3) is 0 Å². The molecule has 0 spiro atoms. The number of carbonyl (C=O) groups is 1. The summed E-state index contributed by atoms with van der Waals surface area (Å²) in [6, 6.07) is 14.2. The zero-order chi connectivity index (χ0) is 18.5. The maximum absolute atomic E-state index is 13.6. The van der Waals surface area contributed by atoms with Gasteiger partial charge in [0.05, 0.1) is 17.6 Å². The fraction of sp³-hybridized carbons (Fsp3) is 0.100. The van der Waals surface area contributed by atoms with Crippen LogP contribution in [-0.4, -0.2) is 10.9 Å². The van der Waals surface area contributed by atoms with E-state index in [2.05, 4.69) is 15.6 Å². The number of anilines is 2. The number of amides is 1. The third-order valence-electron chi connectivity index (χ3n) is 3.92. The van der Waals surface area contributed by atoms with Crippen LogP contribution < -0.4 is 10.6 Å². The average Bonchev–Trinajstić information content (AvgIpc) is 2.64. The number of nitrogens with zero attached hydrogens (tertiary/aromatic N) is 1. The van der Waals surface area contributed by atoms with Gasteiger partial charge in [0.2, 0.25) is 0 Å². The molecule has 132 valence electrons. The molecule has 1 aromatic heterocycles. The van der Waals surface area contributed by atoms with Gasteiger partial charge in [-0.3, -0.25) is 4.79 Å². The lowest BCUT2D eigenvalue weighted by Crippen LogP contribution is -2.14. The van der Waals surface area contributed by atoms with Crippen LogP contribution in [0.4, 0.5) is 20.2 Å². The third kappa shape index (κ3) is 4.22. The molecular formula is C20H17F2N3O. The van der Waals surface area contributed by atoms with Gasteiger partial charge in [0.15, 0.2) is 0 Å². The molecule has 0 atom stereocenters. The number of benzene rings is 2. The molecule has 0 radical (unpaired) electrons. The van der Waals surface area contributed by atoms with E-state index in [-0.39, 0.29) is 11.4 Å². The molecule has 3 aromatic rings. The maximum atomic E-state index is 13.6. The summed E-state index contributed by atoms with van der Waals surface area (Å²) >= 11 is 0. The van der Waals surface area contributed by atoms with Gasteiger partial charge < -0.3 is 10.6 Å². The van der Waals surface area contributed by atoms with E-state index in [1.165, 1.54) is 29.5 Å². The molecule has 3 rings (SSSR count). The molecule has 2 aromatic carbocycles. The van der Waals surface area contributed by atoms with Gasteiger partial charge >= 0.3 is 0 Å². The highest BCUT2D eigenvalue weighted by Crippen LogP contribution is 2.16. The molecule has 1 heterocycles. The maximum Gasteiger partial charge on any atom is 0.274 e. The Bertz CT molecular complexity index is 927. The molecule has 26 heavy (non-hydrogen) atoms. The zero-order valence-electron chi connectivity index (χ0n) is 14.1. The largest absolute Gasteiger partial charge is 0.380 e. The summed E-state index contributed by atoms with van der Waals surface area (Å²) in [5, 5.41) is 5.61. The van der Waals surface area contributed by atoms with E-state index in [0.717, 1.165) is 11.8 Å². The molecule has 2 N–H and O–H groups in total. The van der Waals surface area contributed by atoms with E-state index in [9.17, 15) is 13.6 Å². The SMILES string of the molecule is Cc1ccccc1CNc1ccc(C(=O)Nc2ccc(F)cc2F)nc1. The Morgan fingerprint density at radius 2 is 1.88 bits per heavy atom. The Balaban J connectivity index is 1.63. The molecule has 0 bridgehead atoms. The lowest BCUT2D eigenvalue weighted by Gasteiger charge is -2.10. The van der Waals surface area contributed by atoms with Crippen LogP contribution >= 0.6 is 0 Å². The lowest BCUT2D eigenvalue weighted by molar-refractivity contribution is 0.102. The quantitative estimate of drug-likeness (QED) is 0.708. The number of aromatic nitrogens is 1. The Hall–Kier alpha value is -3.28. The average molecular weight is 353 g/mol. The first kappa shape index (κ1) is 17.5. The van der Waals surface area contributed by atoms with Gasteiger partial charge in [-0.25, -0.2) is 13.8 Å². The summed E-state index contributed by atoms with van der Waals surface area (Å²) in [6.07, 6.45) is 1.54. The van der Waals surface area contributed by atoms with Crippen LogP contribution in [0, 0.1) is 18.6 Å². The number of rotatable bonds is 5. The van der Waals surface area contributed by atoms with Crippen molar-refractivity contribution in [3.8, 4) is 0 Å². The summed E-state index contributed by atoms with van der Waals surface area (Å²) in [5.41, 5.74) is 3.15. The van der Waals surface area contributed by atoms with Crippen LogP contribution in [0.3, 0.4) is 0 Å². The van der Waals surface area contributed by atoms with E-state index in [1.807, 2.05) is 31.2 Å². The second-order valence-electron chi connectivity index (χ2n) is 5.79. The van der Waals surface area contributed by atoms with E-state index in [4.69, 9.17) is 0 Å². The molecule has 0 fully saturated rings. The van der Waals surface area contributed by atoms with Crippen molar-refractivity contribution in [3.05, 3.63) is 89.2 Å². The van der Waals surface area contributed by atoms with Gasteiger partial charge in [-0.15, -0.1) is 0 Å². The second kappa shape index (κ2) is 7.74. The standard InChI is InChI=1S/C20H17F2N3O/c1-13-4-2-3-5-14(13)11-23-16-7-9-19(24-12-16)20(26)25-18-8-6-15(21)10-17(18)22/h2-10,12,23H,11H2,1H3,(H,25,26). The van der Waals surface area contributed by atoms with Gasteiger partial charge in [0, 0.05) is 12.6 Å². The van der Waals surface area contributed by atoms with Crippen LogP contribution in [0.15, 0.2) is 60.8 Å². The molecule has 1 amide bonds. The van der Waals surface area contributed by atoms with Crippen molar-refractivity contribution in [2.24, 2.45) is 0 Å². The predicted octanol–water partition coefficient (Wildman–Crippen LogP) is 4.53. The summed E-state index contributed by atoms with van der Waals surface area (Å²) in [6.45, 7) is 2.68. The number of nitrogens with one attached hydrogen (secondary N) is 2. The van der Waals surface area contributed by atoms with Crippen molar-refractivity contribution < 1.29 is 13.6 Å². The molecule has 6 heteroatoms. The van der Waals surface area contributed by atoms with E-state index in [1.54, 1.807) is 6.07 Å². The molecule has 0 aliphatic heterocycles. The summed E-state index contributed by atoms with van der Waals surface area (Å²) in [5.74, 6) is -2.11. The zero-order valence-corrected chi connectivity index (χ0v) is 14.1. The van der Waals surface area contributed by atoms with E-state index >= 15 is 0 Å². The first-order valence-corrected chi connectivity index (χ1v) is 8.04. The Morgan fingerprint density at radius 1 is 1.08 bits per heavy atom. The smallest absolute Gasteiger partial charge is 0.274 e. The first-order chi connectivity index (χ1) is 12.5. The number of hydrogen-bond acceptors (Lipinski definition) is 3. The van der Waals surface area contributed by atoms with E-state index in [0.29, 0.717) is 12.6 Å². The fourth-order valence-corrected chi connectivity index (χ4v) is 2.42. The number of halogens is 2. The van der Waals surface area contributed by atoms with Gasteiger partial charge in [-0.1, -0.05) is 24.3 Å². The molecule has 0 aliphatic rings. The van der Waals surface area contributed by atoms with Crippen LogP contribution in [-0.2, 0) is 6.54 Å². The molecular weight excluding hydrogens is 336 g/mol. The van der Waals surface area contributed by atoms with Crippen molar-refractivity contribution in [1.82, 2.24) is 4.98 Å². The number of pyridine rings is 1. The highest BCUT2D eigenvalue weighted by atomic mass is 19.1. The van der Waals surface area contributed by atoms with Gasteiger partial charge in [-0.2, -0.15) is 0 Å². The Labute approximate surface area is 149 Å². The number of hydrogen-bond donors (Lipinski definition) is 2. The normalized spacial score (nSPS) is 10.4. The summed E-state index contributed by atoms with van der Waals surface area (Å²) in [7, 11) is 0. The Morgan fingerprint density at radius 3 is 2.58 bits per heavy atom. The molecule has 0 saturated heterocycles. The minimum absolute atomic E-state index is 0.0973. The summed E-state index contributed by atoms with van der Waals surface area (Å²) < 4.78 is 26.5. The van der Waals surface area contributed by atoms with Gasteiger partial charge in [0.25, 0.3) is 5.91 Å². The first-order valence-electron chi connectivity index (χ1n) is 8.04. The van der Waals surface area contributed by atoms with Crippen molar-refractivity contribution in [2.75, 3.05) is 10.6 Å². The van der Waals surface area contributed by atoms with Crippen molar-refractivity contribution in [3.63, 3.8) is 0 Å². The number of carbonyl (C=O) groups excluding carboxylic acids is 1. The lowest BCUT2D eigenvalue weighted by atomic mass is 10.1. The van der Waals surface area contributed by atoms with Crippen molar-refractivity contribution >= 4 is 17.3 Å². The fourth-order valence-electron chi connectivity index (χ4n) is 2.42. The highest BCUT2D eigenvalue weighted by molar-refractivity contribution is 6.03. The second-order valence-corrected chi connectivity index (χ2v) is 5.79. The molecule has 0 saturated carbocycles. The minimum Gasteiger partial charge on any atom is -0.380 e. The minimum atomic E-state index is -0.838. The molecule has 0 aliphatic carbocycles. The van der Waals surface area contributed by atoms with Crippen LogP contribution in [0.5, 0.6) is 0 Å². The van der Waals surface area contributed by atoms with Crippen LogP contribution in [0.2, 0.25) is 0 Å².